The number of halogens is 2. The monoisotopic (exact) mass is 350 g/mol. The van der Waals surface area contributed by atoms with Crippen molar-refractivity contribution in [2.75, 3.05) is 5.32 Å². The zero-order valence-corrected chi connectivity index (χ0v) is 14.1. The second-order valence-electron chi connectivity index (χ2n) is 6.40. The maximum Gasteiger partial charge on any atom is 0.246 e. The standard InChI is InChI=1S/C20H16F2N4/c1-13-6-15(5-4-14-2-3-14)8-18(7-13)24-20-23-12-26(25-20)19-10-16(21)9-17(22)11-19/h6-12,14H,2-3H2,1H3,(H,24,25). The van der Waals surface area contributed by atoms with Gasteiger partial charge in [-0.1, -0.05) is 11.8 Å². The topological polar surface area (TPSA) is 42.7 Å². The molecule has 0 aliphatic heterocycles. The van der Waals surface area contributed by atoms with Crippen LogP contribution in [0, 0.1) is 36.3 Å². The van der Waals surface area contributed by atoms with Gasteiger partial charge >= 0.3 is 0 Å². The minimum atomic E-state index is -0.664. The number of nitrogens with one attached hydrogen (secondary N) is 1. The van der Waals surface area contributed by atoms with Gasteiger partial charge in [-0.3, -0.25) is 0 Å². The zero-order valence-electron chi connectivity index (χ0n) is 14.1. The predicted molar refractivity (Wildman–Crippen MR) is 95.3 cm³/mol. The van der Waals surface area contributed by atoms with Crippen molar-refractivity contribution in [3.05, 3.63) is 65.5 Å². The Balaban J connectivity index is 1.56. The normalized spacial score (nSPS) is 13.2. The highest BCUT2D eigenvalue weighted by Crippen LogP contribution is 2.28. The Hall–Kier alpha value is -3.20. The highest BCUT2D eigenvalue weighted by molar-refractivity contribution is 5.58. The third-order valence-corrected chi connectivity index (χ3v) is 3.94. The Morgan fingerprint density at radius 2 is 1.85 bits per heavy atom. The third kappa shape index (κ3) is 3.89. The summed E-state index contributed by atoms with van der Waals surface area (Å²) in [5.74, 6) is 5.98. The lowest BCUT2D eigenvalue weighted by Crippen LogP contribution is -1.99. The molecule has 4 rings (SSSR count). The van der Waals surface area contributed by atoms with Crippen LogP contribution in [0.4, 0.5) is 20.4 Å². The quantitative estimate of drug-likeness (QED) is 0.714. The van der Waals surface area contributed by atoms with E-state index in [1.807, 2.05) is 25.1 Å². The Bertz CT molecular complexity index is 1010. The van der Waals surface area contributed by atoms with E-state index in [2.05, 4.69) is 27.2 Å². The fraction of sp³-hybridized carbons (Fsp3) is 0.200. The van der Waals surface area contributed by atoms with Crippen molar-refractivity contribution in [1.82, 2.24) is 14.8 Å². The van der Waals surface area contributed by atoms with Gasteiger partial charge in [0, 0.05) is 23.2 Å². The molecular formula is C20H16F2N4. The lowest BCUT2D eigenvalue weighted by molar-refractivity contribution is 0.580. The minimum Gasteiger partial charge on any atom is -0.323 e. The molecule has 0 unspecified atom stereocenters. The molecule has 1 heterocycles. The van der Waals surface area contributed by atoms with E-state index in [0.29, 0.717) is 11.9 Å². The van der Waals surface area contributed by atoms with E-state index in [9.17, 15) is 8.78 Å². The van der Waals surface area contributed by atoms with Gasteiger partial charge < -0.3 is 5.32 Å². The summed E-state index contributed by atoms with van der Waals surface area (Å²) in [7, 11) is 0. The zero-order chi connectivity index (χ0) is 18.1. The van der Waals surface area contributed by atoms with Gasteiger partial charge in [0.1, 0.15) is 18.0 Å². The van der Waals surface area contributed by atoms with E-state index < -0.39 is 11.6 Å². The van der Waals surface area contributed by atoms with E-state index >= 15 is 0 Å². The van der Waals surface area contributed by atoms with Gasteiger partial charge in [0.25, 0.3) is 0 Å². The van der Waals surface area contributed by atoms with Crippen molar-refractivity contribution in [2.24, 2.45) is 5.92 Å². The van der Waals surface area contributed by atoms with E-state index in [-0.39, 0.29) is 5.69 Å². The first-order chi connectivity index (χ1) is 12.5. The van der Waals surface area contributed by atoms with E-state index in [1.165, 1.54) is 36.0 Å². The fourth-order valence-electron chi connectivity index (χ4n) is 2.59. The first kappa shape index (κ1) is 16.3. The van der Waals surface area contributed by atoms with Crippen LogP contribution in [-0.2, 0) is 0 Å². The third-order valence-electron chi connectivity index (χ3n) is 3.94. The number of aromatic nitrogens is 3. The van der Waals surface area contributed by atoms with Crippen molar-refractivity contribution in [1.29, 1.82) is 0 Å². The van der Waals surface area contributed by atoms with Crippen LogP contribution in [0.15, 0.2) is 42.7 Å². The first-order valence-corrected chi connectivity index (χ1v) is 8.33. The molecule has 130 valence electrons. The maximum atomic E-state index is 13.4. The molecule has 4 nitrogen and oxygen atoms in total. The Labute approximate surface area is 149 Å². The molecule has 0 bridgehead atoms. The van der Waals surface area contributed by atoms with E-state index in [0.717, 1.165) is 22.9 Å². The molecule has 0 spiro atoms. The van der Waals surface area contributed by atoms with Gasteiger partial charge in [-0.2, -0.15) is 4.98 Å². The SMILES string of the molecule is Cc1cc(C#CC2CC2)cc(Nc2ncn(-c3cc(F)cc(F)c3)n2)c1. The average molecular weight is 350 g/mol. The molecule has 0 amide bonds. The molecule has 6 heteroatoms. The summed E-state index contributed by atoms with van der Waals surface area (Å²) in [5.41, 5.74) is 3.09. The maximum absolute atomic E-state index is 13.4. The molecule has 1 saturated carbocycles. The molecular weight excluding hydrogens is 334 g/mol. The molecule has 1 aromatic heterocycles. The molecule has 0 atom stereocenters. The fourth-order valence-corrected chi connectivity index (χ4v) is 2.59. The smallest absolute Gasteiger partial charge is 0.246 e. The van der Waals surface area contributed by atoms with E-state index in [4.69, 9.17) is 0 Å². The van der Waals surface area contributed by atoms with Crippen molar-refractivity contribution in [2.45, 2.75) is 19.8 Å². The molecule has 1 fully saturated rings. The summed E-state index contributed by atoms with van der Waals surface area (Å²) in [6, 6.07) is 9.13. The minimum absolute atomic E-state index is 0.267. The molecule has 0 radical (unpaired) electrons. The van der Waals surface area contributed by atoms with Crippen LogP contribution >= 0.6 is 0 Å². The Morgan fingerprint density at radius 1 is 1.08 bits per heavy atom. The van der Waals surface area contributed by atoms with Crippen molar-refractivity contribution < 1.29 is 8.78 Å². The number of nitrogens with zero attached hydrogens (tertiary/aromatic N) is 3. The predicted octanol–water partition coefficient (Wildman–Crippen LogP) is 4.36. The van der Waals surface area contributed by atoms with Gasteiger partial charge in [0.15, 0.2) is 0 Å². The van der Waals surface area contributed by atoms with Crippen LogP contribution < -0.4 is 5.32 Å². The number of benzene rings is 2. The van der Waals surface area contributed by atoms with Crippen LogP contribution in [0.1, 0.15) is 24.0 Å². The number of aryl methyl sites for hydroxylation is 1. The molecule has 1 aliphatic carbocycles. The summed E-state index contributed by atoms with van der Waals surface area (Å²) in [6.07, 6.45) is 3.78. The van der Waals surface area contributed by atoms with Crippen LogP contribution in [-0.4, -0.2) is 14.8 Å². The number of anilines is 2. The van der Waals surface area contributed by atoms with Gasteiger partial charge in [-0.25, -0.2) is 13.5 Å². The molecule has 26 heavy (non-hydrogen) atoms. The Morgan fingerprint density at radius 3 is 2.58 bits per heavy atom. The van der Waals surface area contributed by atoms with Gasteiger partial charge in [-0.15, -0.1) is 5.10 Å². The highest BCUT2D eigenvalue weighted by Gasteiger charge is 2.17. The van der Waals surface area contributed by atoms with Crippen molar-refractivity contribution in [3.8, 4) is 17.5 Å². The summed E-state index contributed by atoms with van der Waals surface area (Å²) in [6.45, 7) is 2.00. The highest BCUT2D eigenvalue weighted by atomic mass is 19.1. The summed E-state index contributed by atoms with van der Waals surface area (Å²) >= 11 is 0. The summed E-state index contributed by atoms with van der Waals surface area (Å²) < 4.78 is 28.0. The molecule has 0 saturated heterocycles. The Kier molecular flexibility index (Phi) is 4.13. The second-order valence-corrected chi connectivity index (χ2v) is 6.40. The van der Waals surface area contributed by atoms with E-state index in [1.54, 1.807) is 0 Å². The van der Waals surface area contributed by atoms with Crippen LogP contribution in [0.5, 0.6) is 0 Å². The molecule has 2 aromatic carbocycles. The van der Waals surface area contributed by atoms with Gasteiger partial charge in [0.05, 0.1) is 5.69 Å². The van der Waals surface area contributed by atoms with Gasteiger partial charge in [-0.05, 0) is 55.7 Å². The number of hydrogen-bond donors (Lipinski definition) is 1. The van der Waals surface area contributed by atoms with Crippen LogP contribution in [0.3, 0.4) is 0 Å². The molecule has 1 aliphatic rings. The van der Waals surface area contributed by atoms with Crippen molar-refractivity contribution in [3.63, 3.8) is 0 Å². The molecule has 1 N–H and O–H groups in total. The molecule has 3 aromatic rings. The van der Waals surface area contributed by atoms with Crippen LogP contribution in [0.2, 0.25) is 0 Å². The summed E-state index contributed by atoms with van der Waals surface area (Å²) in [5, 5.41) is 7.34. The van der Waals surface area contributed by atoms with Crippen molar-refractivity contribution >= 4 is 11.6 Å². The van der Waals surface area contributed by atoms with Gasteiger partial charge in [0.2, 0.25) is 5.95 Å². The second kappa shape index (κ2) is 6.60. The first-order valence-electron chi connectivity index (χ1n) is 8.33. The lowest BCUT2D eigenvalue weighted by atomic mass is 10.1. The van der Waals surface area contributed by atoms with Crippen LogP contribution in [0.25, 0.3) is 5.69 Å². The average Bonchev–Trinajstić information content (AvgIpc) is 3.29. The summed E-state index contributed by atoms with van der Waals surface area (Å²) in [4.78, 5) is 4.15. The largest absolute Gasteiger partial charge is 0.323 e. The lowest BCUT2D eigenvalue weighted by Gasteiger charge is -2.05. The number of rotatable bonds is 3. The number of hydrogen-bond acceptors (Lipinski definition) is 3.